The van der Waals surface area contributed by atoms with Crippen LogP contribution in [0.5, 0.6) is 0 Å². The van der Waals surface area contributed by atoms with Gasteiger partial charge in [-0.05, 0) is 62.8 Å². The average Bonchev–Trinajstić information content (AvgIpc) is 2.36. The van der Waals surface area contributed by atoms with Crippen LogP contribution in [0.2, 0.25) is 0 Å². The number of aryl methyl sites for hydroxylation is 1. The zero-order chi connectivity index (χ0) is 15.1. The fraction of sp³-hybridized carbons (Fsp3) is 0.600. The minimum atomic E-state index is -3.47. The molecule has 1 fully saturated rings. The van der Waals surface area contributed by atoms with Crippen molar-refractivity contribution >= 4 is 15.7 Å². The van der Waals surface area contributed by atoms with E-state index in [-0.39, 0.29) is 6.04 Å². The van der Waals surface area contributed by atoms with Gasteiger partial charge in [0.15, 0.2) is 0 Å². The van der Waals surface area contributed by atoms with Crippen molar-refractivity contribution in [2.24, 2.45) is 5.92 Å². The predicted octanol–water partition coefficient (Wildman–Crippen LogP) is 2.69. The summed E-state index contributed by atoms with van der Waals surface area (Å²) in [5.74, 6) is 0.390. The van der Waals surface area contributed by atoms with E-state index in [0.717, 1.165) is 18.4 Å². The molecular weight excluding hydrogens is 272 g/mol. The molecule has 1 aliphatic rings. The number of hydrogen-bond acceptors (Lipinski definition) is 3. The van der Waals surface area contributed by atoms with Crippen molar-refractivity contribution < 1.29 is 8.42 Å². The lowest BCUT2D eigenvalue weighted by molar-refractivity contribution is 0.202. The second-order valence-corrected chi connectivity index (χ2v) is 7.81. The molecule has 2 atom stereocenters. The molecule has 2 unspecified atom stereocenters. The predicted molar refractivity (Wildman–Crippen MR) is 82.1 cm³/mol. The molecule has 4 nitrogen and oxygen atoms in total. The van der Waals surface area contributed by atoms with Crippen LogP contribution in [-0.2, 0) is 10.0 Å². The Bertz CT molecular complexity index is 611. The highest BCUT2D eigenvalue weighted by atomic mass is 32.2. The van der Waals surface area contributed by atoms with Crippen LogP contribution in [0, 0.1) is 19.8 Å². The van der Waals surface area contributed by atoms with E-state index in [1.807, 2.05) is 19.9 Å². The zero-order valence-electron chi connectivity index (χ0n) is 12.7. The van der Waals surface area contributed by atoms with Crippen LogP contribution in [0.1, 0.15) is 37.8 Å². The lowest BCUT2D eigenvalue weighted by atomic mass is 9.94. The van der Waals surface area contributed by atoms with E-state index in [2.05, 4.69) is 6.92 Å². The Hall–Kier alpha value is -1.07. The molecule has 0 aromatic heterocycles. The number of nitrogens with two attached hydrogens (primary N) is 1. The standard InChI is InChI=1S/C15H24N2O2S/c1-10-8-14(16)12(3)15(9-10)20(18,19)17-7-5-6-11(2)13(17)4/h8-9,11,13H,5-7,16H2,1-4H3. The van der Waals surface area contributed by atoms with E-state index in [4.69, 9.17) is 5.73 Å². The minimum absolute atomic E-state index is 0.0369. The topological polar surface area (TPSA) is 63.4 Å². The third kappa shape index (κ3) is 2.56. The molecule has 5 heteroatoms. The highest BCUT2D eigenvalue weighted by Crippen LogP contribution is 2.32. The molecule has 0 spiro atoms. The van der Waals surface area contributed by atoms with Gasteiger partial charge in [0, 0.05) is 18.3 Å². The van der Waals surface area contributed by atoms with Crippen LogP contribution in [0.4, 0.5) is 5.69 Å². The molecule has 0 amide bonds. The lowest BCUT2D eigenvalue weighted by Gasteiger charge is -2.37. The number of sulfonamides is 1. The SMILES string of the molecule is Cc1cc(N)c(C)c(S(=O)(=O)N2CCCC(C)C2C)c1. The van der Waals surface area contributed by atoms with Crippen molar-refractivity contribution in [3.05, 3.63) is 23.3 Å². The summed E-state index contributed by atoms with van der Waals surface area (Å²) in [6, 6.07) is 3.58. The molecule has 20 heavy (non-hydrogen) atoms. The summed E-state index contributed by atoms with van der Waals surface area (Å²) in [5, 5.41) is 0. The first-order valence-electron chi connectivity index (χ1n) is 7.13. The third-order valence-corrected chi connectivity index (χ3v) is 6.56. The maximum absolute atomic E-state index is 12.9. The van der Waals surface area contributed by atoms with E-state index in [1.165, 1.54) is 0 Å². The molecule has 0 radical (unpaired) electrons. The minimum Gasteiger partial charge on any atom is -0.398 e. The van der Waals surface area contributed by atoms with Gasteiger partial charge in [-0.15, -0.1) is 0 Å². The Balaban J connectivity index is 2.50. The van der Waals surface area contributed by atoms with Gasteiger partial charge in [-0.25, -0.2) is 8.42 Å². The van der Waals surface area contributed by atoms with Crippen LogP contribution in [0.3, 0.4) is 0 Å². The van der Waals surface area contributed by atoms with Gasteiger partial charge in [0.05, 0.1) is 4.90 Å². The van der Waals surface area contributed by atoms with Crippen LogP contribution in [0.15, 0.2) is 17.0 Å². The van der Waals surface area contributed by atoms with Crippen LogP contribution < -0.4 is 5.73 Å². The van der Waals surface area contributed by atoms with Gasteiger partial charge in [0.25, 0.3) is 0 Å². The van der Waals surface area contributed by atoms with Gasteiger partial charge in [-0.1, -0.05) is 6.92 Å². The van der Waals surface area contributed by atoms with Crippen LogP contribution >= 0.6 is 0 Å². The Kier molecular flexibility index (Phi) is 4.12. The van der Waals surface area contributed by atoms with Gasteiger partial charge in [0.1, 0.15) is 0 Å². The summed E-state index contributed by atoms with van der Waals surface area (Å²) in [5.41, 5.74) is 8.00. The summed E-state index contributed by atoms with van der Waals surface area (Å²) in [6.07, 6.45) is 2.01. The summed E-state index contributed by atoms with van der Waals surface area (Å²) in [7, 11) is -3.47. The summed E-state index contributed by atoms with van der Waals surface area (Å²) in [4.78, 5) is 0.357. The van der Waals surface area contributed by atoms with Crippen molar-refractivity contribution in [1.29, 1.82) is 0 Å². The fourth-order valence-electron chi connectivity index (χ4n) is 2.88. The van der Waals surface area contributed by atoms with Gasteiger partial charge in [0.2, 0.25) is 10.0 Å². The fourth-order valence-corrected chi connectivity index (χ4v) is 4.99. The Morgan fingerprint density at radius 2 is 1.90 bits per heavy atom. The first-order chi connectivity index (χ1) is 9.25. The molecule has 1 aliphatic heterocycles. The van der Waals surface area contributed by atoms with Crippen molar-refractivity contribution in [2.75, 3.05) is 12.3 Å². The molecule has 1 heterocycles. The number of nitrogens with zero attached hydrogens (tertiary/aromatic N) is 1. The quantitative estimate of drug-likeness (QED) is 0.853. The lowest BCUT2D eigenvalue weighted by Crippen LogP contribution is -2.46. The number of rotatable bonds is 2. The van der Waals surface area contributed by atoms with E-state index >= 15 is 0 Å². The van der Waals surface area contributed by atoms with Crippen molar-refractivity contribution in [1.82, 2.24) is 4.31 Å². The molecule has 0 bridgehead atoms. The molecule has 1 aromatic rings. The van der Waals surface area contributed by atoms with Crippen molar-refractivity contribution in [3.63, 3.8) is 0 Å². The van der Waals surface area contributed by atoms with Gasteiger partial charge >= 0.3 is 0 Å². The second-order valence-electron chi connectivity index (χ2n) is 5.95. The Morgan fingerprint density at radius 1 is 1.25 bits per heavy atom. The first kappa shape index (κ1) is 15.3. The van der Waals surface area contributed by atoms with Crippen molar-refractivity contribution in [3.8, 4) is 0 Å². The monoisotopic (exact) mass is 296 g/mol. The van der Waals surface area contributed by atoms with E-state index in [1.54, 1.807) is 17.3 Å². The molecule has 1 saturated heterocycles. The smallest absolute Gasteiger partial charge is 0.243 e. The maximum atomic E-state index is 12.9. The molecule has 1 aromatic carbocycles. The number of benzene rings is 1. The maximum Gasteiger partial charge on any atom is 0.243 e. The molecule has 0 aliphatic carbocycles. The second kappa shape index (κ2) is 5.37. The van der Waals surface area contributed by atoms with Gasteiger partial charge in [-0.3, -0.25) is 0 Å². The number of nitrogen functional groups attached to an aromatic ring is 1. The van der Waals surface area contributed by atoms with Crippen LogP contribution in [0.25, 0.3) is 0 Å². The first-order valence-corrected chi connectivity index (χ1v) is 8.57. The summed E-state index contributed by atoms with van der Waals surface area (Å²) in [6.45, 7) is 8.36. The highest BCUT2D eigenvalue weighted by Gasteiger charge is 2.35. The van der Waals surface area contributed by atoms with Crippen molar-refractivity contribution in [2.45, 2.75) is 51.5 Å². The molecule has 2 rings (SSSR count). The zero-order valence-corrected chi connectivity index (χ0v) is 13.5. The third-order valence-electron chi connectivity index (χ3n) is 4.45. The van der Waals surface area contributed by atoms with E-state index in [0.29, 0.717) is 28.6 Å². The average molecular weight is 296 g/mol. The number of hydrogen-bond donors (Lipinski definition) is 1. The summed E-state index contributed by atoms with van der Waals surface area (Å²) >= 11 is 0. The van der Waals surface area contributed by atoms with E-state index < -0.39 is 10.0 Å². The highest BCUT2D eigenvalue weighted by molar-refractivity contribution is 7.89. The van der Waals surface area contributed by atoms with Gasteiger partial charge in [-0.2, -0.15) is 4.31 Å². The molecule has 2 N–H and O–H groups in total. The van der Waals surface area contributed by atoms with Crippen LogP contribution in [-0.4, -0.2) is 25.3 Å². The normalized spacial score (nSPS) is 24.8. The summed E-state index contributed by atoms with van der Waals surface area (Å²) < 4.78 is 27.5. The largest absolute Gasteiger partial charge is 0.398 e. The molecular formula is C15H24N2O2S. The number of anilines is 1. The Labute approximate surface area is 122 Å². The van der Waals surface area contributed by atoms with E-state index in [9.17, 15) is 8.42 Å². The molecule has 112 valence electrons. The van der Waals surface area contributed by atoms with Gasteiger partial charge < -0.3 is 5.73 Å². The molecule has 0 saturated carbocycles. The number of piperidine rings is 1. The Morgan fingerprint density at radius 3 is 2.55 bits per heavy atom.